The van der Waals surface area contributed by atoms with E-state index in [1.807, 2.05) is 0 Å². The monoisotopic (exact) mass is 485 g/mol. The number of nitrogens with one attached hydrogen (secondary N) is 1. The SMILES string of the molecule is CCOC(=O)N1CCN(C(=O)c2cc3n(n2)[C@@H](C(F)(F)F)C[C@@H](c2ccc(Cl)cc2)N3)CC1. The molecular formula is C21H23ClF3N5O3. The van der Waals surface area contributed by atoms with Crippen molar-refractivity contribution in [3.05, 3.63) is 46.6 Å². The first-order valence-electron chi connectivity index (χ1n) is 10.6. The van der Waals surface area contributed by atoms with Crippen molar-refractivity contribution in [2.75, 3.05) is 38.1 Å². The predicted octanol–water partition coefficient (Wildman–Crippen LogP) is 4.11. The summed E-state index contributed by atoms with van der Waals surface area (Å²) in [6.07, 6.45) is -5.27. The first-order valence-corrected chi connectivity index (χ1v) is 10.9. The third kappa shape index (κ3) is 4.87. The number of anilines is 1. The number of piperazine rings is 1. The number of halogens is 4. The quantitative estimate of drug-likeness (QED) is 0.707. The van der Waals surface area contributed by atoms with Gasteiger partial charge in [-0.3, -0.25) is 4.79 Å². The Morgan fingerprint density at radius 2 is 1.79 bits per heavy atom. The van der Waals surface area contributed by atoms with Gasteiger partial charge >= 0.3 is 12.3 Å². The van der Waals surface area contributed by atoms with Gasteiger partial charge in [-0.25, -0.2) is 9.48 Å². The molecular weight excluding hydrogens is 463 g/mol. The van der Waals surface area contributed by atoms with E-state index in [1.54, 1.807) is 31.2 Å². The van der Waals surface area contributed by atoms with Gasteiger partial charge in [-0.15, -0.1) is 0 Å². The van der Waals surface area contributed by atoms with Crippen molar-refractivity contribution in [3.8, 4) is 0 Å². The molecule has 3 heterocycles. The van der Waals surface area contributed by atoms with Crippen molar-refractivity contribution in [2.45, 2.75) is 31.6 Å². The van der Waals surface area contributed by atoms with Crippen LogP contribution < -0.4 is 5.32 Å². The number of alkyl halides is 3. The van der Waals surface area contributed by atoms with Gasteiger partial charge in [0.05, 0.1) is 12.6 Å². The second-order valence-corrected chi connectivity index (χ2v) is 8.32. The topological polar surface area (TPSA) is 79.7 Å². The number of benzene rings is 1. The normalized spacial score (nSPS) is 20.8. The summed E-state index contributed by atoms with van der Waals surface area (Å²) in [4.78, 5) is 27.8. The predicted molar refractivity (Wildman–Crippen MR) is 114 cm³/mol. The van der Waals surface area contributed by atoms with Crippen LogP contribution in [0.15, 0.2) is 30.3 Å². The van der Waals surface area contributed by atoms with Gasteiger partial charge in [0.2, 0.25) is 0 Å². The maximum atomic E-state index is 13.9. The number of fused-ring (bicyclic) bond motifs is 1. The number of hydrogen-bond acceptors (Lipinski definition) is 5. The molecule has 2 amide bonds. The fourth-order valence-corrected chi connectivity index (χ4v) is 4.19. The molecule has 1 saturated heterocycles. The number of amides is 2. The molecule has 0 spiro atoms. The molecule has 178 valence electrons. The summed E-state index contributed by atoms with van der Waals surface area (Å²) in [7, 11) is 0. The number of carbonyl (C=O) groups is 2. The fourth-order valence-electron chi connectivity index (χ4n) is 4.06. The minimum Gasteiger partial charge on any atom is -0.450 e. The Kier molecular flexibility index (Phi) is 6.42. The standard InChI is InChI=1S/C21H23ClF3N5O3/c1-2-33-20(32)29-9-7-28(8-10-29)19(31)16-12-18-26-15(13-3-5-14(22)6-4-13)11-17(21(23,24)25)30(18)27-16/h3-6,12,15,17,26H,2,7-11H2,1H3/t15-,17+/m0/s1. The molecule has 1 N–H and O–H groups in total. The van der Waals surface area contributed by atoms with Crippen LogP contribution in [0.3, 0.4) is 0 Å². The summed E-state index contributed by atoms with van der Waals surface area (Å²) in [6.45, 7) is 2.99. The van der Waals surface area contributed by atoms with E-state index in [9.17, 15) is 22.8 Å². The number of ether oxygens (including phenoxy) is 1. The Balaban J connectivity index is 1.53. The summed E-state index contributed by atoms with van der Waals surface area (Å²) < 4.78 is 47.4. The van der Waals surface area contributed by atoms with Crippen LogP contribution in [-0.2, 0) is 4.74 Å². The van der Waals surface area contributed by atoms with Gasteiger partial charge < -0.3 is 19.9 Å². The average Bonchev–Trinajstić information content (AvgIpc) is 3.22. The van der Waals surface area contributed by atoms with Gasteiger partial charge in [0.1, 0.15) is 5.82 Å². The number of nitrogens with zero attached hydrogens (tertiary/aromatic N) is 4. The highest BCUT2D eigenvalue weighted by molar-refractivity contribution is 6.30. The minimum atomic E-state index is -4.54. The molecule has 33 heavy (non-hydrogen) atoms. The summed E-state index contributed by atoms with van der Waals surface area (Å²) in [5, 5.41) is 7.57. The van der Waals surface area contributed by atoms with Crippen molar-refractivity contribution in [1.29, 1.82) is 0 Å². The molecule has 0 radical (unpaired) electrons. The third-order valence-corrected chi connectivity index (χ3v) is 6.03. The Morgan fingerprint density at radius 3 is 2.39 bits per heavy atom. The maximum Gasteiger partial charge on any atom is 0.410 e. The van der Waals surface area contributed by atoms with Crippen molar-refractivity contribution in [3.63, 3.8) is 0 Å². The van der Waals surface area contributed by atoms with Crippen molar-refractivity contribution < 1.29 is 27.5 Å². The highest BCUT2D eigenvalue weighted by Crippen LogP contribution is 2.43. The van der Waals surface area contributed by atoms with Crippen LogP contribution in [0.25, 0.3) is 0 Å². The highest BCUT2D eigenvalue weighted by atomic mass is 35.5. The van der Waals surface area contributed by atoms with Crippen molar-refractivity contribution >= 4 is 29.4 Å². The van der Waals surface area contributed by atoms with Gasteiger partial charge in [-0.2, -0.15) is 18.3 Å². The van der Waals surface area contributed by atoms with E-state index in [4.69, 9.17) is 16.3 Å². The molecule has 4 rings (SSSR count). The first kappa shape index (κ1) is 23.2. The summed E-state index contributed by atoms with van der Waals surface area (Å²) >= 11 is 5.90. The highest BCUT2D eigenvalue weighted by Gasteiger charge is 2.47. The lowest BCUT2D eigenvalue weighted by Gasteiger charge is -2.33. The average molecular weight is 486 g/mol. The first-order chi connectivity index (χ1) is 15.7. The van der Waals surface area contributed by atoms with E-state index in [0.29, 0.717) is 10.6 Å². The zero-order valence-corrected chi connectivity index (χ0v) is 18.6. The Bertz CT molecular complexity index is 1020. The molecule has 2 aliphatic heterocycles. The molecule has 8 nitrogen and oxygen atoms in total. The summed E-state index contributed by atoms with van der Waals surface area (Å²) in [5.74, 6) is -0.358. The largest absolute Gasteiger partial charge is 0.450 e. The van der Waals surface area contributed by atoms with Crippen molar-refractivity contribution in [2.24, 2.45) is 0 Å². The minimum absolute atomic E-state index is 0.0758. The number of hydrogen-bond donors (Lipinski definition) is 1. The molecule has 1 aromatic carbocycles. The van der Waals surface area contributed by atoms with Gasteiger partial charge in [-0.05, 0) is 24.6 Å². The van der Waals surface area contributed by atoms with Crippen LogP contribution in [-0.4, -0.2) is 70.5 Å². The lowest BCUT2D eigenvalue weighted by atomic mass is 9.97. The molecule has 2 aromatic rings. The molecule has 1 fully saturated rings. The molecule has 2 aliphatic rings. The van der Waals surface area contributed by atoms with Crippen LogP contribution >= 0.6 is 11.6 Å². The zero-order chi connectivity index (χ0) is 23.8. The zero-order valence-electron chi connectivity index (χ0n) is 17.8. The van der Waals surface area contributed by atoms with Crippen LogP contribution in [0.4, 0.5) is 23.8 Å². The number of aromatic nitrogens is 2. The molecule has 0 aliphatic carbocycles. The summed E-state index contributed by atoms with van der Waals surface area (Å²) in [5.41, 5.74) is 0.581. The Labute approximate surface area is 193 Å². The Morgan fingerprint density at radius 1 is 1.15 bits per heavy atom. The summed E-state index contributed by atoms with van der Waals surface area (Å²) in [6, 6.07) is 5.45. The molecule has 2 atom stereocenters. The second kappa shape index (κ2) is 9.12. The molecule has 1 aromatic heterocycles. The van der Waals surface area contributed by atoms with E-state index in [1.165, 1.54) is 15.9 Å². The van der Waals surface area contributed by atoms with Crippen LogP contribution in [0, 0.1) is 0 Å². The van der Waals surface area contributed by atoms with Crippen LogP contribution in [0.1, 0.15) is 41.5 Å². The van der Waals surface area contributed by atoms with Crippen molar-refractivity contribution in [1.82, 2.24) is 19.6 Å². The van der Waals surface area contributed by atoms with E-state index in [0.717, 1.165) is 4.68 Å². The Hall–Kier alpha value is -2.95. The number of carbonyl (C=O) groups excluding carboxylic acids is 2. The van der Waals surface area contributed by atoms with Gasteiger partial charge in [0.15, 0.2) is 11.7 Å². The van der Waals surface area contributed by atoms with E-state index in [2.05, 4.69) is 10.4 Å². The fraction of sp³-hybridized carbons (Fsp3) is 0.476. The maximum absolute atomic E-state index is 13.9. The molecule has 0 bridgehead atoms. The van der Waals surface area contributed by atoms with Gasteiger partial charge in [0.25, 0.3) is 5.91 Å². The lowest BCUT2D eigenvalue weighted by molar-refractivity contribution is -0.173. The molecule has 12 heteroatoms. The van der Waals surface area contributed by atoms with Crippen LogP contribution in [0.2, 0.25) is 5.02 Å². The third-order valence-electron chi connectivity index (χ3n) is 5.77. The van der Waals surface area contributed by atoms with Crippen LogP contribution in [0.5, 0.6) is 0 Å². The molecule has 0 saturated carbocycles. The molecule has 0 unspecified atom stereocenters. The van der Waals surface area contributed by atoms with Gasteiger partial charge in [0, 0.05) is 43.7 Å². The van der Waals surface area contributed by atoms with E-state index < -0.39 is 30.3 Å². The van der Waals surface area contributed by atoms with E-state index >= 15 is 0 Å². The smallest absolute Gasteiger partial charge is 0.410 e. The number of rotatable bonds is 3. The second-order valence-electron chi connectivity index (χ2n) is 7.88. The van der Waals surface area contributed by atoms with Gasteiger partial charge in [-0.1, -0.05) is 23.7 Å². The lowest BCUT2D eigenvalue weighted by Crippen LogP contribution is -2.50. The van der Waals surface area contributed by atoms with E-state index in [-0.39, 0.29) is 50.7 Å².